The third kappa shape index (κ3) is 3.17. The number of hydrogen-bond acceptors (Lipinski definition) is 1. The Bertz CT molecular complexity index is 1790. The number of aromatic nitrogens is 2. The lowest BCUT2D eigenvalue weighted by Gasteiger charge is -2.20. The minimum absolute atomic E-state index is 0.0170. The second-order valence-electron chi connectivity index (χ2n) is 9.19. The van der Waals surface area contributed by atoms with E-state index in [4.69, 9.17) is 4.74 Å². The number of halogens is 1. The van der Waals surface area contributed by atoms with E-state index in [-0.39, 0.29) is 5.92 Å². The fourth-order valence-electron chi connectivity index (χ4n) is 5.70. The van der Waals surface area contributed by atoms with Crippen molar-refractivity contribution in [3.63, 3.8) is 0 Å². The van der Waals surface area contributed by atoms with Crippen LogP contribution in [0.5, 0.6) is 5.75 Å². The quantitative estimate of drug-likeness (QED) is 0.203. The topological polar surface area (TPSA) is 40.8 Å². The Morgan fingerprint density at radius 1 is 0.750 bits per heavy atom. The summed E-state index contributed by atoms with van der Waals surface area (Å²) in [6, 6.07) is 34.5. The molecule has 1 aliphatic rings. The van der Waals surface area contributed by atoms with Gasteiger partial charge in [0.2, 0.25) is 0 Å². The molecule has 36 heavy (non-hydrogen) atoms. The molecule has 2 aromatic heterocycles. The van der Waals surface area contributed by atoms with Crippen molar-refractivity contribution in [3.05, 3.63) is 137 Å². The molecule has 1 aliphatic carbocycles. The summed E-state index contributed by atoms with van der Waals surface area (Å²) in [6.45, 7) is 0. The number of H-pyrrole nitrogens is 2. The minimum atomic E-state index is 0.0170. The SMILES string of the molecule is COc1ccc2c(c1)C(c1c[nH]c3ccccc13)c1c([nH]c3ccccc13)C(c1ccccc1)=C2I. The van der Waals surface area contributed by atoms with Crippen LogP contribution in [0.3, 0.4) is 0 Å². The lowest BCUT2D eigenvalue weighted by molar-refractivity contribution is 0.414. The van der Waals surface area contributed by atoms with Gasteiger partial charge < -0.3 is 14.7 Å². The zero-order chi connectivity index (χ0) is 24.2. The van der Waals surface area contributed by atoms with Gasteiger partial charge in [0.1, 0.15) is 5.75 Å². The van der Waals surface area contributed by atoms with Gasteiger partial charge in [-0.15, -0.1) is 0 Å². The Hall–Kier alpha value is -3.77. The predicted octanol–water partition coefficient (Wildman–Crippen LogP) is 8.50. The van der Waals surface area contributed by atoms with Crippen molar-refractivity contribution in [2.45, 2.75) is 5.92 Å². The largest absolute Gasteiger partial charge is 0.497 e. The summed E-state index contributed by atoms with van der Waals surface area (Å²) < 4.78 is 6.97. The van der Waals surface area contributed by atoms with E-state index < -0.39 is 0 Å². The summed E-state index contributed by atoms with van der Waals surface area (Å²) in [4.78, 5) is 7.37. The molecule has 174 valence electrons. The van der Waals surface area contributed by atoms with Crippen molar-refractivity contribution < 1.29 is 4.74 Å². The lowest BCUT2D eigenvalue weighted by atomic mass is 9.82. The van der Waals surface area contributed by atoms with E-state index in [0.717, 1.165) is 16.8 Å². The zero-order valence-electron chi connectivity index (χ0n) is 19.7. The molecule has 7 rings (SSSR count). The highest BCUT2D eigenvalue weighted by Crippen LogP contribution is 2.52. The van der Waals surface area contributed by atoms with Gasteiger partial charge in [-0.2, -0.15) is 0 Å². The summed E-state index contributed by atoms with van der Waals surface area (Å²) in [5.74, 6) is 0.885. The number of nitrogens with one attached hydrogen (secondary N) is 2. The molecule has 1 unspecified atom stereocenters. The molecule has 0 aliphatic heterocycles. The van der Waals surface area contributed by atoms with Crippen molar-refractivity contribution in [3.8, 4) is 5.75 Å². The summed E-state index contributed by atoms with van der Waals surface area (Å²) >= 11 is 2.54. The predicted molar refractivity (Wildman–Crippen MR) is 157 cm³/mol. The molecule has 6 aromatic rings. The lowest BCUT2D eigenvalue weighted by Crippen LogP contribution is -2.06. The number of hydrogen-bond donors (Lipinski definition) is 2. The van der Waals surface area contributed by atoms with Crippen molar-refractivity contribution in [2.75, 3.05) is 7.11 Å². The Balaban J connectivity index is 1.67. The number of rotatable bonds is 3. The number of aromatic amines is 2. The molecule has 0 fully saturated rings. The molecular formula is C32H23IN2O. The fraction of sp³-hybridized carbons (Fsp3) is 0.0625. The van der Waals surface area contributed by atoms with Gasteiger partial charge >= 0.3 is 0 Å². The van der Waals surface area contributed by atoms with E-state index in [2.05, 4.69) is 136 Å². The average Bonchev–Trinajstić information content (AvgIpc) is 3.50. The van der Waals surface area contributed by atoms with Crippen molar-refractivity contribution in [1.82, 2.24) is 9.97 Å². The molecule has 2 N–H and O–H groups in total. The van der Waals surface area contributed by atoms with Gasteiger partial charge in [0.25, 0.3) is 0 Å². The monoisotopic (exact) mass is 578 g/mol. The maximum Gasteiger partial charge on any atom is 0.119 e. The molecule has 0 saturated heterocycles. The normalized spacial score (nSPS) is 15.1. The summed E-state index contributed by atoms with van der Waals surface area (Å²) in [7, 11) is 1.74. The molecule has 4 aromatic carbocycles. The average molecular weight is 578 g/mol. The smallest absolute Gasteiger partial charge is 0.119 e. The minimum Gasteiger partial charge on any atom is -0.497 e. The van der Waals surface area contributed by atoms with E-state index in [1.54, 1.807) is 7.11 Å². The van der Waals surface area contributed by atoms with Crippen molar-refractivity contribution in [1.29, 1.82) is 0 Å². The van der Waals surface area contributed by atoms with Crippen LogP contribution in [0.2, 0.25) is 0 Å². The second-order valence-corrected chi connectivity index (χ2v) is 10.3. The summed E-state index contributed by atoms with van der Waals surface area (Å²) in [5, 5.41) is 2.49. The van der Waals surface area contributed by atoms with Gasteiger partial charge in [-0.05, 0) is 80.7 Å². The molecule has 3 nitrogen and oxygen atoms in total. The molecular weight excluding hydrogens is 555 g/mol. The van der Waals surface area contributed by atoms with E-state index in [1.807, 2.05) is 0 Å². The van der Waals surface area contributed by atoms with Gasteiger partial charge in [-0.3, -0.25) is 0 Å². The molecule has 2 heterocycles. The molecule has 0 bridgehead atoms. The first kappa shape index (κ1) is 21.5. The van der Waals surface area contributed by atoms with Gasteiger partial charge in [-0.1, -0.05) is 66.7 Å². The Morgan fingerprint density at radius 3 is 2.28 bits per heavy atom. The molecule has 4 heteroatoms. The van der Waals surface area contributed by atoms with E-state index in [9.17, 15) is 0 Å². The first-order valence-corrected chi connectivity index (χ1v) is 13.1. The number of benzene rings is 4. The zero-order valence-corrected chi connectivity index (χ0v) is 21.8. The molecule has 0 saturated carbocycles. The Kier molecular flexibility index (Phi) is 5.03. The fourth-order valence-corrected chi connectivity index (χ4v) is 6.77. The highest BCUT2D eigenvalue weighted by atomic mass is 127. The summed E-state index contributed by atoms with van der Waals surface area (Å²) in [6.07, 6.45) is 2.19. The molecule has 0 spiro atoms. The third-order valence-electron chi connectivity index (χ3n) is 7.31. The van der Waals surface area contributed by atoms with Crippen LogP contribution in [-0.2, 0) is 0 Å². The first-order chi connectivity index (χ1) is 17.7. The van der Waals surface area contributed by atoms with Crippen LogP contribution in [0, 0.1) is 0 Å². The van der Waals surface area contributed by atoms with Crippen LogP contribution >= 0.6 is 22.6 Å². The van der Waals surface area contributed by atoms with Crippen LogP contribution < -0.4 is 4.74 Å². The van der Waals surface area contributed by atoms with Gasteiger partial charge in [-0.25, -0.2) is 0 Å². The molecule has 1 atom stereocenters. The number of ether oxygens (including phenoxy) is 1. The Morgan fingerprint density at radius 2 is 1.47 bits per heavy atom. The van der Waals surface area contributed by atoms with Crippen molar-refractivity contribution >= 4 is 53.5 Å². The molecule has 0 amide bonds. The van der Waals surface area contributed by atoms with Crippen molar-refractivity contribution in [2.24, 2.45) is 0 Å². The maximum atomic E-state index is 5.74. The van der Waals surface area contributed by atoms with Crippen LogP contribution in [0.1, 0.15) is 39.4 Å². The Labute approximate surface area is 223 Å². The molecule has 0 radical (unpaired) electrons. The first-order valence-electron chi connectivity index (χ1n) is 12.0. The van der Waals surface area contributed by atoms with Crippen LogP contribution in [0.25, 0.3) is 31.0 Å². The van der Waals surface area contributed by atoms with E-state index in [0.29, 0.717) is 0 Å². The maximum absolute atomic E-state index is 5.74. The van der Waals surface area contributed by atoms with Gasteiger partial charge in [0.05, 0.1) is 12.8 Å². The summed E-state index contributed by atoms with van der Waals surface area (Å²) in [5.41, 5.74) is 11.0. The number of methoxy groups -OCH3 is 1. The van der Waals surface area contributed by atoms with Gasteiger partial charge in [0, 0.05) is 43.1 Å². The van der Waals surface area contributed by atoms with Crippen LogP contribution in [0.4, 0.5) is 0 Å². The van der Waals surface area contributed by atoms with E-state index >= 15 is 0 Å². The third-order valence-corrected chi connectivity index (χ3v) is 8.43. The highest BCUT2D eigenvalue weighted by molar-refractivity contribution is 14.1. The highest BCUT2D eigenvalue weighted by Gasteiger charge is 2.34. The van der Waals surface area contributed by atoms with E-state index in [1.165, 1.54) is 53.4 Å². The second kappa shape index (κ2) is 8.42. The van der Waals surface area contributed by atoms with Gasteiger partial charge in [0.15, 0.2) is 0 Å². The number of para-hydroxylation sites is 2. The standard InChI is InChI=1S/C32H23IN2O/c1-36-20-15-16-22-24(17-20)29(25-18-34-26-13-7-5-11-21(25)26)30-23-12-6-8-14-27(23)35-32(30)28(31(22)33)19-9-3-2-4-10-19/h2-18,29,34-35H,1H3. The van der Waals surface area contributed by atoms with Crippen LogP contribution in [0.15, 0.2) is 103 Å². The van der Waals surface area contributed by atoms with Crippen LogP contribution in [-0.4, -0.2) is 17.1 Å². The number of fused-ring (bicyclic) bond motifs is 5.